The molecule has 0 N–H and O–H groups in total. The van der Waals surface area contributed by atoms with Gasteiger partial charge in [-0.2, -0.15) is 4.98 Å². The fourth-order valence-corrected chi connectivity index (χ4v) is 3.67. The van der Waals surface area contributed by atoms with E-state index in [1.54, 1.807) is 10.7 Å². The Morgan fingerprint density at radius 2 is 1.74 bits per heavy atom. The summed E-state index contributed by atoms with van der Waals surface area (Å²) in [5.41, 5.74) is 4.82. The molecule has 5 nitrogen and oxygen atoms in total. The first-order valence-corrected chi connectivity index (χ1v) is 9.09. The van der Waals surface area contributed by atoms with Crippen LogP contribution in [0.1, 0.15) is 39.5 Å². The standard InChI is InChI=1S/C22H18N4O/c1-14-7-9-15(10-8-14)17-11-19-18(20(27)12-17)13-26-22(23-19)24-21(25-26)16-5-3-2-4-6-16/h2-10,13,17H,11-12H2,1H3/t17-/m0/s1. The molecule has 2 heterocycles. The number of rotatable bonds is 2. The molecular formula is C22H18N4O. The minimum Gasteiger partial charge on any atom is -0.294 e. The molecule has 5 rings (SSSR count). The molecule has 132 valence electrons. The molecule has 0 saturated heterocycles. The fourth-order valence-electron chi connectivity index (χ4n) is 3.67. The van der Waals surface area contributed by atoms with Crippen LogP contribution in [0.25, 0.3) is 17.2 Å². The summed E-state index contributed by atoms with van der Waals surface area (Å²) in [5, 5.41) is 4.50. The van der Waals surface area contributed by atoms with Crippen molar-refractivity contribution in [3.8, 4) is 11.4 Å². The van der Waals surface area contributed by atoms with Crippen LogP contribution in [0.5, 0.6) is 0 Å². The Morgan fingerprint density at radius 3 is 2.52 bits per heavy atom. The number of aryl methyl sites for hydroxylation is 1. The molecule has 27 heavy (non-hydrogen) atoms. The van der Waals surface area contributed by atoms with E-state index in [2.05, 4.69) is 46.3 Å². The van der Waals surface area contributed by atoms with Crippen LogP contribution < -0.4 is 0 Å². The van der Waals surface area contributed by atoms with Gasteiger partial charge < -0.3 is 0 Å². The summed E-state index contributed by atoms with van der Waals surface area (Å²) in [6.07, 6.45) is 3.03. The van der Waals surface area contributed by atoms with Gasteiger partial charge in [0.1, 0.15) is 0 Å². The Hall–Kier alpha value is -3.34. The summed E-state index contributed by atoms with van der Waals surface area (Å²) in [4.78, 5) is 22.0. The van der Waals surface area contributed by atoms with Gasteiger partial charge >= 0.3 is 0 Å². The maximum atomic E-state index is 12.8. The van der Waals surface area contributed by atoms with Crippen LogP contribution in [0.3, 0.4) is 0 Å². The lowest BCUT2D eigenvalue weighted by atomic mass is 9.82. The lowest BCUT2D eigenvalue weighted by Crippen LogP contribution is -2.21. The summed E-state index contributed by atoms with van der Waals surface area (Å²) < 4.78 is 1.62. The highest BCUT2D eigenvalue weighted by Gasteiger charge is 2.28. The summed E-state index contributed by atoms with van der Waals surface area (Å²) in [6.45, 7) is 2.07. The molecule has 0 unspecified atom stereocenters. The molecule has 0 spiro atoms. The number of carbonyl (C=O) groups excluding carboxylic acids is 1. The second-order valence-electron chi connectivity index (χ2n) is 7.09. The van der Waals surface area contributed by atoms with E-state index in [0.29, 0.717) is 23.6 Å². The first-order valence-electron chi connectivity index (χ1n) is 9.09. The van der Waals surface area contributed by atoms with Crippen molar-refractivity contribution in [2.45, 2.75) is 25.7 Å². The van der Waals surface area contributed by atoms with E-state index in [9.17, 15) is 4.79 Å². The number of carbonyl (C=O) groups is 1. The third-order valence-electron chi connectivity index (χ3n) is 5.16. The lowest BCUT2D eigenvalue weighted by molar-refractivity contribution is 0.0962. The predicted molar refractivity (Wildman–Crippen MR) is 103 cm³/mol. The number of benzene rings is 2. The Morgan fingerprint density at radius 1 is 0.963 bits per heavy atom. The molecule has 4 aromatic rings. The zero-order valence-electron chi connectivity index (χ0n) is 15.0. The zero-order valence-corrected chi connectivity index (χ0v) is 15.0. The van der Waals surface area contributed by atoms with Crippen molar-refractivity contribution in [2.24, 2.45) is 0 Å². The minimum atomic E-state index is 0.119. The Balaban J connectivity index is 1.55. The minimum absolute atomic E-state index is 0.119. The van der Waals surface area contributed by atoms with E-state index in [1.807, 2.05) is 30.3 Å². The van der Waals surface area contributed by atoms with Gasteiger partial charge in [0.15, 0.2) is 11.6 Å². The van der Waals surface area contributed by atoms with E-state index in [-0.39, 0.29) is 11.7 Å². The average molecular weight is 354 g/mol. The molecule has 0 aliphatic heterocycles. The molecule has 1 atom stereocenters. The first-order chi connectivity index (χ1) is 13.2. The molecule has 0 amide bonds. The van der Waals surface area contributed by atoms with Crippen molar-refractivity contribution in [2.75, 3.05) is 0 Å². The second-order valence-corrected chi connectivity index (χ2v) is 7.09. The van der Waals surface area contributed by atoms with E-state index >= 15 is 0 Å². The summed E-state index contributed by atoms with van der Waals surface area (Å²) in [7, 11) is 0. The Bertz CT molecular complexity index is 1150. The number of nitrogens with zero attached hydrogens (tertiary/aromatic N) is 4. The van der Waals surface area contributed by atoms with Gasteiger partial charge in [-0.3, -0.25) is 4.79 Å². The third kappa shape index (κ3) is 2.81. The maximum Gasteiger partial charge on any atom is 0.252 e. The van der Waals surface area contributed by atoms with Gasteiger partial charge in [0, 0.05) is 18.2 Å². The van der Waals surface area contributed by atoms with E-state index in [4.69, 9.17) is 0 Å². The highest BCUT2D eigenvalue weighted by molar-refractivity contribution is 5.98. The highest BCUT2D eigenvalue weighted by Crippen LogP contribution is 2.32. The molecule has 1 aliphatic carbocycles. The quantitative estimate of drug-likeness (QED) is 0.546. The molecule has 1 aliphatic rings. The fraction of sp³-hybridized carbons (Fsp3) is 0.182. The molecule has 0 saturated carbocycles. The number of hydrogen-bond donors (Lipinski definition) is 0. The van der Waals surface area contributed by atoms with Crippen LogP contribution in [0.4, 0.5) is 0 Å². The Kier molecular flexibility index (Phi) is 3.60. The number of aromatic nitrogens is 4. The van der Waals surface area contributed by atoms with Gasteiger partial charge in [-0.15, -0.1) is 5.10 Å². The van der Waals surface area contributed by atoms with Gasteiger partial charge in [-0.25, -0.2) is 9.50 Å². The van der Waals surface area contributed by atoms with Gasteiger partial charge in [0.05, 0.1) is 11.3 Å². The normalized spacial score (nSPS) is 16.5. The van der Waals surface area contributed by atoms with E-state index in [1.165, 1.54) is 11.1 Å². The topological polar surface area (TPSA) is 60.2 Å². The van der Waals surface area contributed by atoms with Crippen LogP contribution in [0, 0.1) is 6.92 Å². The van der Waals surface area contributed by atoms with Crippen molar-refractivity contribution in [3.05, 3.63) is 83.2 Å². The maximum absolute atomic E-state index is 12.8. The smallest absolute Gasteiger partial charge is 0.252 e. The number of ketones is 1. The van der Waals surface area contributed by atoms with Gasteiger partial charge in [0.2, 0.25) is 0 Å². The van der Waals surface area contributed by atoms with Crippen LogP contribution in [-0.4, -0.2) is 25.4 Å². The van der Waals surface area contributed by atoms with Gasteiger partial charge in [-0.1, -0.05) is 60.2 Å². The number of Topliss-reactive ketones (excluding diaryl/α,β-unsaturated/α-hetero) is 1. The summed E-state index contributed by atoms with van der Waals surface area (Å²) in [5.74, 6) is 1.43. The largest absolute Gasteiger partial charge is 0.294 e. The Labute approximate surface area is 156 Å². The molecule has 0 bridgehead atoms. The third-order valence-corrected chi connectivity index (χ3v) is 5.16. The van der Waals surface area contributed by atoms with Crippen molar-refractivity contribution in [3.63, 3.8) is 0 Å². The number of hydrogen-bond acceptors (Lipinski definition) is 4. The van der Waals surface area contributed by atoms with Gasteiger partial charge in [-0.05, 0) is 24.8 Å². The summed E-state index contributed by atoms with van der Waals surface area (Å²) >= 11 is 0. The SMILES string of the molecule is Cc1ccc([C@@H]2CC(=O)c3cn4nc(-c5ccccc5)nc4nc3C2)cc1. The lowest BCUT2D eigenvalue weighted by Gasteiger charge is -2.23. The second kappa shape index (κ2) is 6.13. The van der Waals surface area contributed by atoms with Crippen molar-refractivity contribution in [1.82, 2.24) is 19.6 Å². The van der Waals surface area contributed by atoms with E-state index in [0.717, 1.165) is 17.7 Å². The van der Waals surface area contributed by atoms with Crippen molar-refractivity contribution >= 4 is 11.6 Å². The monoisotopic (exact) mass is 354 g/mol. The molecule has 2 aromatic heterocycles. The van der Waals surface area contributed by atoms with Crippen molar-refractivity contribution in [1.29, 1.82) is 0 Å². The van der Waals surface area contributed by atoms with Crippen molar-refractivity contribution < 1.29 is 4.79 Å². The summed E-state index contributed by atoms with van der Waals surface area (Å²) in [6, 6.07) is 18.2. The molecule has 0 radical (unpaired) electrons. The first kappa shape index (κ1) is 15.9. The van der Waals surface area contributed by atoms with Crippen LogP contribution in [0.2, 0.25) is 0 Å². The highest BCUT2D eigenvalue weighted by atomic mass is 16.1. The van der Waals surface area contributed by atoms with E-state index < -0.39 is 0 Å². The molecule has 2 aromatic carbocycles. The molecule has 5 heteroatoms. The average Bonchev–Trinajstić information content (AvgIpc) is 3.11. The number of fused-ring (bicyclic) bond motifs is 2. The zero-order chi connectivity index (χ0) is 18.4. The molecule has 0 fully saturated rings. The van der Waals surface area contributed by atoms with Crippen LogP contribution in [-0.2, 0) is 6.42 Å². The van der Waals surface area contributed by atoms with Crippen LogP contribution >= 0.6 is 0 Å². The predicted octanol–water partition coefficient (Wildman–Crippen LogP) is 4.01. The molecular weight excluding hydrogens is 336 g/mol. The van der Waals surface area contributed by atoms with Gasteiger partial charge in [0.25, 0.3) is 5.78 Å². The van der Waals surface area contributed by atoms with Crippen LogP contribution in [0.15, 0.2) is 60.8 Å².